The van der Waals surface area contributed by atoms with E-state index in [4.69, 9.17) is 0 Å². The highest BCUT2D eigenvalue weighted by Gasteiger charge is 2.19. The topological polar surface area (TPSA) is 32.3 Å². The normalized spacial score (nSPS) is 20.8. The summed E-state index contributed by atoms with van der Waals surface area (Å²) in [6.45, 7) is 5.04. The molecule has 0 aromatic carbocycles. The fourth-order valence-electron chi connectivity index (χ4n) is 2.15. The number of nitrogens with one attached hydrogen (secondary N) is 1. The highest BCUT2D eigenvalue weighted by atomic mass is 32.2. The van der Waals surface area contributed by atoms with Crippen LogP contribution in [0.3, 0.4) is 0 Å². The van der Waals surface area contributed by atoms with Crippen molar-refractivity contribution in [1.82, 2.24) is 10.2 Å². The van der Waals surface area contributed by atoms with Crippen molar-refractivity contribution in [3.8, 4) is 0 Å². The van der Waals surface area contributed by atoms with Gasteiger partial charge in [-0.15, -0.1) is 0 Å². The third kappa shape index (κ3) is 4.74. The molecule has 0 spiro atoms. The largest absolute Gasteiger partial charge is 0.340 e. The number of piperidine rings is 1. The van der Waals surface area contributed by atoms with E-state index < -0.39 is 0 Å². The molecule has 1 atom stereocenters. The first kappa shape index (κ1) is 13.8. The van der Waals surface area contributed by atoms with Gasteiger partial charge in [-0.1, -0.05) is 13.3 Å². The van der Waals surface area contributed by atoms with E-state index in [0.717, 1.165) is 26.1 Å². The molecule has 1 unspecified atom stereocenters. The molecule has 0 radical (unpaired) electrons. The number of amides is 1. The summed E-state index contributed by atoms with van der Waals surface area (Å²) in [5, 5.41) is 3.50. The molecule has 1 saturated heterocycles. The first-order chi connectivity index (χ1) is 7.77. The summed E-state index contributed by atoms with van der Waals surface area (Å²) in [5.41, 5.74) is 0. The summed E-state index contributed by atoms with van der Waals surface area (Å²) in [6.07, 6.45) is 6.83. The summed E-state index contributed by atoms with van der Waals surface area (Å²) in [5.74, 6) is 0.911. The van der Waals surface area contributed by atoms with Crippen LogP contribution in [0, 0.1) is 0 Å². The van der Waals surface area contributed by atoms with Crippen LogP contribution >= 0.6 is 11.8 Å². The van der Waals surface area contributed by atoms with Crippen LogP contribution in [0.4, 0.5) is 0 Å². The number of carbonyl (C=O) groups excluding carboxylic acids is 1. The number of nitrogens with zero attached hydrogens (tertiary/aromatic N) is 1. The van der Waals surface area contributed by atoms with Crippen LogP contribution in [0.2, 0.25) is 0 Å². The second-order valence-corrected chi connectivity index (χ2v) is 5.29. The minimum absolute atomic E-state index is 0.293. The molecular formula is C12H24N2OS. The Labute approximate surface area is 103 Å². The van der Waals surface area contributed by atoms with Crippen LogP contribution in [-0.2, 0) is 4.79 Å². The van der Waals surface area contributed by atoms with Gasteiger partial charge in [0.15, 0.2) is 0 Å². The number of carbonyl (C=O) groups is 1. The average molecular weight is 244 g/mol. The SMILES string of the molecule is CCCN(CC1CCCCN1)C(=O)CSC. The minimum Gasteiger partial charge on any atom is -0.340 e. The average Bonchev–Trinajstić information content (AvgIpc) is 2.30. The van der Waals surface area contributed by atoms with Crippen LogP contribution in [-0.4, -0.2) is 48.5 Å². The number of thioether (sulfide) groups is 1. The molecule has 1 aliphatic rings. The standard InChI is InChI=1S/C12H24N2OS/c1-3-8-14(12(15)10-16-2)9-11-6-4-5-7-13-11/h11,13H,3-10H2,1-2H3. The van der Waals surface area contributed by atoms with Gasteiger partial charge in [-0.3, -0.25) is 4.79 Å². The zero-order valence-corrected chi connectivity index (χ0v) is 11.3. The predicted octanol–water partition coefficient (Wildman–Crippen LogP) is 1.73. The van der Waals surface area contributed by atoms with E-state index in [1.54, 1.807) is 11.8 Å². The third-order valence-corrected chi connectivity index (χ3v) is 3.50. The van der Waals surface area contributed by atoms with E-state index in [0.29, 0.717) is 17.7 Å². The van der Waals surface area contributed by atoms with Crippen LogP contribution in [0.25, 0.3) is 0 Å². The van der Waals surface area contributed by atoms with Gasteiger partial charge in [-0.05, 0) is 32.1 Å². The molecule has 3 nitrogen and oxygen atoms in total. The number of hydrogen-bond donors (Lipinski definition) is 1. The molecule has 4 heteroatoms. The molecular weight excluding hydrogens is 220 g/mol. The fourth-order valence-corrected chi connectivity index (χ4v) is 2.58. The van der Waals surface area contributed by atoms with Gasteiger partial charge in [0.25, 0.3) is 0 Å². The Balaban J connectivity index is 2.39. The highest BCUT2D eigenvalue weighted by molar-refractivity contribution is 7.99. The maximum atomic E-state index is 11.9. The van der Waals surface area contributed by atoms with Crippen molar-refractivity contribution in [3.63, 3.8) is 0 Å². The summed E-state index contributed by atoms with van der Waals surface area (Å²) in [7, 11) is 0. The smallest absolute Gasteiger partial charge is 0.232 e. The Morgan fingerprint density at radius 2 is 2.31 bits per heavy atom. The molecule has 1 N–H and O–H groups in total. The van der Waals surface area contributed by atoms with Crippen LogP contribution in [0.5, 0.6) is 0 Å². The van der Waals surface area contributed by atoms with Gasteiger partial charge in [-0.2, -0.15) is 11.8 Å². The van der Waals surface area contributed by atoms with Crippen molar-refractivity contribution in [2.75, 3.05) is 31.6 Å². The molecule has 0 saturated carbocycles. The van der Waals surface area contributed by atoms with E-state index in [9.17, 15) is 4.79 Å². The molecule has 0 aromatic rings. The van der Waals surface area contributed by atoms with Gasteiger partial charge >= 0.3 is 0 Å². The van der Waals surface area contributed by atoms with Crippen molar-refractivity contribution in [1.29, 1.82) is 0 Å². The zero-order chi connectivity index (χ0) is 11.8. The summed E-state index contributed by atoms with van der Waals surface area (Å²) < 4.78 is 0. The van der Waals surface area contributed by atoms with Gasteiger partial charge in [0.1, 0.15) is 0 Å². The molecule has 0 bridgehead atoms. The lowest BCUT2D eigenvalue weighted by Crippen LogP contribution is -2.46. The lowest BCUT2D eigenvalue weighted by atomic mass is 10.0. The quantitative estimate of drug-likeness (QED) is 0.772. The van der Waals surface area contributed by atoms with E-state index in [2.05, 4.69) is 12.2 Å². The number of hydrogen-bond acceptors (Lipinski definition) is 3. The van der Waals surface area contributed by atoms with E-state index in [1.165, 1.54) is 19.3 Å². The molecule has 1 fully saturated rings. The summed E-state index contributed by atoms with van der Waals surface area (Å²) in [6, 6.07) is 0.520. The molecule has 0 aromatic heterocycles. The molecule has 94 valence electrons. The molecule has 1 amide bonds. The Bertz CT molecular complexity index is 205. The zero-order valence-electron chi connectivity index (χ0n) is 10.5. The summed E-state index contributed by atoms with van der Waals surface area (Å²) >= 11 is 1.61. The highest BCUT2D eigenvalue weighted by Crippen LogP contribution is 2.10. The first-order valence-corrected chi connectivity index (χ1v) is 7.67. The van der Waals surface area contributed by atoms with Gasteiger partial charge in [0.2, 0.25) is 5.91 Å². The fraction of sp³-hybridized carbons (Fsp3) is 0.917. The maximum Gasteiger partial charge on any atom is 0.232 e. The van der Waals surface area contributed by atoms with Crippen molar-refractivity contribution in [2.24, 2.45) is 0 Å². The Morgan fingerprint density at radius 1 is 1.50 bits per heavy atom. The minimum atomic E-state index is 0.293. The molecule has 1 rings (SSSR count). The van der Waals surface area contributed by atoms with Gasteiger partial charge in [0, 0.05) is 19.1 Å². The lowest BCUT2D eigenvalue weighted by molar-refractivity contribution is -0.128. The van der Waals surface area contributed by atoms with Crippen molar-refractivity contribution in [2.45, 2.75) is 38.6 Å². The third-order valence-electron chi connectivity index (χ3n) is 2.97. The van der Waals surface area contributed by atoms with Crippen LogP contribution in [0.1, 0.15) is 32.6 Å². The Kier molecular flexibility index (Phi) is 6.88. The predicted molar refractivity (Wildman–Crippen MR) is 70.9 cm³/mol. The molecule has 0 aliphatic carbocycles. The van der Waals surface area contributed by atoms with E-state index in [-0.39, 0.29) is 0 Å². The van der Waals surface area contributed by atoms with Crippen molar-refractivity contribution in [3.05, 3.63) is 0 Å². The molecule has 16 heavy (non-hydrogen) atoms. The van der Waals surface area contributed by atoms with E-state index in [1.807, 2.05) is 11.2 Å². The Hall–Kier alpha value is -0.220. The lowest BCUT2D eigenvalue weighted by Gasteiger charge is -2.30. The van der Waals surface area contributed by atoms with Gasteiger partial charge in [0.05, 0.1) is 5.75 Å². The second-order valence-electron chi connectivity index (χ2n) is 4.42. The van der Waals surface area contributed by atoms with Crippen molar-refractivity contribution >= 4 is 17.7 Å². The second kappa shape index (κ2) is 7.96. The molecule has 1 heterocycles. The maximum absolute atomic E-state index is 11.9. The summed E-state index contributed by atoms with van der Waals surface area (Å²) in [4.78, 5) is 13.9. The van der Waals surface area contributed by atoms with Gasteiger partial charge in [-0.25, -0.2) is 0 Å². The Morgan fingerprint density at radius 3 is 2.88 bits per heavy atom. The van der Waals surface area contributed by atoms with Crippen LogP contribution in [0.15, 0.2) is 0 Å². The van der Waals surface area contributed by atoms with E-state index >= 15 is 0 Å². The molecule has 1 aliphatic heterocycles. The van der Waals surface area contributed by atoms with Crippen LogP contribution < -0.4 is 5.32 Å². The van der Waals surface area contributed by atoms with Crippen molar-refractivity contribution < 1.29 is 4.79 Å². The first-order valence-electron chi connectivity index (χ1n) is 6.28. The monoisotopic (exact) mass is 244 g/mol. The van der Waals surface area contributed by atoms with Gasteiger partial charge < -0.3 is 10.2 Å². The number of rotatable bonds is 6.